The number of esters is 1. The molecule has 7 heteroatoms. The highest BCUT2D eigenvalue weighted by molar-refractivity contribution is 6.27. The zero-order chi connectivity index (χ0) is 23.0. The van der Waals surface area contributed by atoms with Gasteiger partial charge < -0.3 is 16.2 Å². The van der Waals surface area contributed by atoms with Crippen LogP contribution in [0.4, 0.5) is 0 Å². The van der Waals surface area contributed by atoms with Crippen molar-refractivity contribution in [3.63, 3.8) is 0 Å². The summed E-state index contributed by atoms with van der Waals surface area (Å²) in [6, 6.07) is 5.38. The van der Waals surface area contributed by atoms with Crippen LogP contribution in [-0.4, -0.2) is 40.5 Å². The molecule has 0 radical (unpaired) electrons. The lowest BCUT2D eigenvalue weighted by atomic mass is 9.75. The van der Waals surface area contributed by atoms with Crippen molar-refractivity contribution >= 4 is 23.3 Å². The number of Topliss-reactive ketones (excluding diaryl/α,β-unsaturated/α-hetero) is 3. The van der Waals surface area contributed by atoms with Crippen LogP contribution in [0.25, 0.3) is 0 Å². The number of hydrogen-bond acceptors (Lipinski definition) is 7. The second-order valence-electron chi connectivity index (χ2n) is 9.09. The van der Waals surface area contributed by atoms with Gasteiger partial charge >= 0.3 is 5.97 Å². The van der Waals surface area contributed by atoms with E-state index in [1.807, 2.05) is 0 Å². The maximum atomic E-state index is 13.2. The van der Waals surface area contributed by atoms with Crippen LogP contribution in [0, 0.1) is 5.92 Å². The summed E-state index contributed by atoms with van der Waals surface area (Å²) in [4.78, 5) is 52.1. The van der Waals surface area contributed by atoms with Crippen LogP contribution in [0.1, 0.15) is 68.7 Å². The van der Waals surface area contributed by atoms with E-state index in [2.05, 4.69) is 0 Å². The summed E-state index contributed by atoms with van der Waals surface area (Å²) in [6.45, 7) is 9.90. The molecular weight excluding hydrogens is 384 g/mol. The first kappa shape index (κ1) is 23.6. The molecule has 0 aliphatic heterocycles. The summed E-state index contributed by atoms with van der Waals surface area (Å²) in [5.41, 5.74) is 9.95. The molecule has 7 nitrogen and oxygen atoms in total. The number of ketones is 3. The summed E-state index contributed by atoms with van der Waals surface area (Å²) in [6.07, 6.45) is -0.466. The smallest absolute Gasteiger partial charge is 0.334 e. The van der Waals surface area contributed by atoms with Crippen molar-refractivity contribution in [3.8, 4) is 0 Å². The molecule has 1 aliphatic carbocycles. The van der Waals surface area contributed by atoms with Gasteiger partial charge in [0.25, 0.3) is 0 Å². The highest BCUT2D eigenvalue weighted by Crippen LogP contribution is 2.32. The predicted molar refractivity (Wildman–Crippen MR) is 113 cm³/mol. The molecular formula is C23H30N2O5. The van der Waals surface area contributed by atoms with E-state index in [4.69, 9.17) is 16.2 Å². The van der Waals surface area contributed by atoms with Crippen LogP contribution in [0.2, 0.25) is 0 Å². The first-order valence-electron chi connectivity index (χ1n) is 9.91. The Balaban J connectivity index is 2.57. The Morgan fingerprint density at radius 3 is 2.00 bits per heavy atom. The van der Waals surface area contributed by atoms with E-state index in [1.54, 1.807) is 52.8 Å². The van der Waals surface area contributed by atoms with Gasteiger partial charge in [-0.15, -0.1) is 0 Å². The Hall–Kier alpha value is -2.64. The molecule has 1 aromatic rings. The molecule has 2 atom stereocenters. The van der Waals surface area contributed by atoms with Crippen LogP contribution in [0.5, 0.6) is 0 Å². The van der Waals surface area contributed by atoms with E-state index < -0.39 is 41.1 Å². The lowest BCUT2D eigenvalue weighted by Gasteiger charge is -2.34. The maximum absolute atomic E-state index is 13.2. The van der Waals surface area contributed by atoms with E-state index >= 15 is 0 Å². The van der Waals surface area contributed by atoms with Gasteiger partial charge in [0.2, 0.25) is 0 Å². The monoisotopic (exact) mass is 414 g/mol. The van der Waals surface area contributed by atoms with Crippen molar-refractivity contribution in [2.24, 2.45) is 17.4 Å². The quantitative estimate of drug-likeness (QED) is 0.540. The molecule has 1 aromatic carbocycles. The maximum Gasteiger partial charge on any atom is 0.334 e. The highest BCUT2D eigenvalue weighted by atomic mass is 16.6. The van der Waals surface area contributed by atoms with Crippen molar-refractivity contribution in [1.29, 1.82) is 0 Å². The Kier molecular flexibility index (Phi) is 6.49. The van der Waals surface area contributed by atoms with Crippen LogP contribution < -0.4 is 11.5 Å². The Morgan fingerprint density at radius 2 is 1.53 bits per heavy atom. The van der Waals surface area contributed by atoms with Crippen LogP contribution in [-0.2, 0) is 14.3 Å². The second kappa shape index (κ2) is 8.24. The van der Waals surface area contributed by atoms with E-state index in [0.717, 1.165) is 0 Å². The average Bonchev–Trinajstić information content (AvgIpc) is 2.66. The van der Waals surface area contributed by atoms with Crippen molar-refractivity contribution in [3.05, 3.63) is 46.5 Å². The van der Waals surface area contributed by atoms with Crippen LogP contribution in [0.3, 0.4) is 0 Å². The zero-order valence-electron chi connectivity index (χ0n) is 18.4. The minimum atomic E-state index is -2.20. The molecule has 0 heterocycles. The summed E-state index contributed by atoms with van der Waals surface area (Å²) < 4.78 is 5.40. The minimum Gasteiger partial charge on any atom is -0.458 e. The first-order valence-corrected chi connectivity index (χ1v) is 9.91. The Morgan fingerprint density at radius 1 is 1.03 bits per heavy atom. The Labute approximate surface area is 176 Å². The second-order valence-corrected chi connectivity index (χ2v) is 9.09. The molecule has 0 saturated carbocycles. The third-order valence-corrected chi connectivity index (χ3v) is 5.16. The van der Waals surface area contributed by atoms with Crippen LogP contribution >= 0.6 is 0 Å². The molecule has 1 aliphatic rings. The molecule has 1 unspecified atom stereocenters. The first-order chi connectivity index (χ1) is 13.7. The fourth-order valence-corrected chi connectivity index (χ4v) is 3.27. The highest BCUT2D eigenvalue weighted by Gasteiger charge is 2.49. The largest absolute Gasteiger partial charge is 0.458 e. The van der Waals surface area contributed by atoms with Crippen molar-refractivity contribution < 1.29 is 23.9 Å². The van der Waals surface area contributed by atoms with Crippen molar-refractivity contribution in [2.75, 3.05) is 0 Å². The van der Waals surface area contributed by atoms with Gasteiger partial charge in [0, 0.05) is 28.7 Å². The van der Waals surface area contributed by atoms with Gasteiger partial charge in [0.15, 0.2) is 22.9 Å². The average molecular weight is 415 g/mol. The lowest BCUT2D eigenvalue weighted by Crippen LogP contribution is -2.63. The normalized spacial score (nSPS) is 17.5. The molecule has 4 N–H and O–H groups in total. The van der Waals surface area contributed by atoms with E-state index in [-0.39, 0.29) is 34.0 Å². The van der Waals surface area contributed by atoms with E-state index in [0.29, 0.717) is 0 Å². The number of nitrogens with two attached hydrogens (primary N) is 2. The fourth-order valence-electron chi connectivity index (χ4n) is 3.27. The number of benzene rings is 1. The molecule has 2 rings (SSSR count). The number of fused-ring (bicyclic) bond motifs is 1. The molecule has 0 fully saturated rings. The van der Waals surface area contributed by atoms with Gasteiger partial charge in [-0.2, -0.15) is 0 Å². The van der Waals surface area contributed by atoms with Crippen molar-refractivity contribution in [2.45, 2.75) is 65.1 Å². The molecule has 0 spiro atoms. The lowest BCUT2D eigenvalue weighted by molar-refractivity contribution is -0.164. The summed E-state index contributed by atoms with van der Waals surface area (Å²) in [7, 11) is 0. The minimum absolute atomic E-state index is 0.0244. The van der Waals surface area contributed by atoms with E-state index in [9.17, 15) is 19.2 Å². The number of carbonyl (C=O) groups is 4. The molecule has 30 heavy (non-hydrogen) atoms. The third-order valence-electron chi connectivity index (χ3n) is 5.16. The topological polar surface area (TPSA) is 130 Å². The van der Waals surface area contributed by atoms with Gasteiger partial charge in [0.1, 0.15) is 5.60 Å². The van der Waals surface area contributed by atoms with Crippen molar-refractivity contribution in [1.82, 2.24) is 0 Å². The van der Waals surface area contributed by atoms with Crippen LogP contribution in [0.15, 0.2) is 35.4 Å². The number of carbonyl (C=O) groups excluding carboxylic acids is 4. The molecule has 0 amide bonds. The predicted octanol–water partition coefficient (Wildman–Crippen LogP) is 2.36. The van der Waals surface area contributed by atoms with Gasteiger partial charge in [-0.3, -0.25) is 14.4 Å². The summed E-state index contributed by atoms with van der Waals surface area (Å²) in [5.74, 6) is -2.77. The third kappa shape index (κ3) is 4.42. The van der Waals surface area contributed by atoms with Gasteiger partial charge in [0.05, 0.1) is 6.04 Å². The SMILES string of the molecule is CC1=C(CC(N)(C(=O)OC(C)(C)C)C(=O)[C@@H](N)C(C)C)C(=O)c2ccccc2C1=O. The molecule has 0 bridgehead atoms. The summed E-state index contributed by atoms with van der Waals surface area (Å²) in [5, 5.41) is 0. The number of allylic oxidation sites excluding steroid dienone is 1. The summed E-state index contributed by atoms with van der Waals surface area (Å²) >= 11 is 0. The molecule has 0 aromatic heterocycles. The van der Waals surface area contributed by atoms with Gasteiger partial charge in [-0.25, -0.2) is 4.79 Å². The number of ether oxygens (including phenoxy) is 1. The van der Waals surface area contributed by atoms with E-state index in [1.165, 1.54) is 13.0 Å². The molecule has 0 saturated heterocycles. The zero-order valence-corrected chi connectivity index (χ0v) is 18.4. The van der Waals surface area contributed by atoms with Gasteiger partial charge in [-0.05, 0) is 33.6 Å². The molecule has 162 valence electrons. The van der Waals surface area contributed by atoms with Gasteiger partial charge in [-0.1, -0.05) is 38.1 Å². The fraction of sp³-hybridized carbons (Fsp3) is 0.478. The Bertz CT molecular complexity index is 939. The number of hydrogen-bond donors (Lipinski definition) is 2. The standard InChI is InChI=1S/C23H30N2O5/c1-12(2)17(24)20(28)23(25,21(29)30-22(4,5)6)11-16-13(3)18(26)14-9-7-8-10-15(14)19(16)27/h7-10,12,17H,11,24-25H2,1-6H3/t17-,23?/m0/s1. The number of rotatable bonds is 6.